The SMILES string of the molecule is CCOc1cc2occ(-c3cccc(OC)c3)c2cc1/C(C)=C/C(=O)Nc1ccc(F)cc1. The number of benzene rings is 3. The normalized spacial score (nSPS) is 11.5. The number of allylic oxidation sites excluding steroid dienone is 1. The summed E-state index contributed by atoms with van der Waals surface area (Å²) in [5.74, 6) is 0.699. The number of fused-ring (bicyclic) bond motifs is 1. The van der Waals surface area contributed by atoms with Crippen LogP contribution in [0, 0.1) is 5.82 Å². The fourth-order valence-corrected chi connectivity index (χ4v) is 3.64. The van der Waals surface area contributed by atoms with Gasteiger partial charge in [-0.25, -0.2) is 4.39 Å². The third-order valence-corrected chi connectivity index (χ3v) is 5.24. The largest absolute Gasteiger partial charge is 0.497 e. The van der Waals surface area contributed by atoms with E-state index in [1.807, 2.05) is 50.2 Å². The lowest BCUT2D eigenvalue weighted by atomic mass is 9.99. The highest BCUT2D eigenvalue weighted by atomic mass is 19.1. The zero-order valence-electron chi connectivity index (χ0n) is 18.6. The molecule has 0 aliphatic rings. The Hall–Kier alpha value is -4.06. The Labute approximate surface area is 191 Å². The average Bonchev–Trinajstić information content (AvgIpc) is 3.23. The minimum absolute atomic E-state index is 0.318. The summed E-state index contributed by atoms with van der Waals surface area (Å²) in [6.45, 7) is 4.22. The molecule has 0 aliphatic carbocycles. The number of methoxy groups -OCH3 is 1. The van der Waals surface area contributed by atoms with E-state index >= 15 is 0 Å². The zero-order valence-corrected chi connectivity index (χ0v) is 18.6. The molecule has 0 fully saturated rings. The zero-order chi connectivity index (χ0) is 23.4. The number of ether oxygens (including phenoxy) is 2. The van der Waals surface area contributed by atoms with Crippen molar-refractivity contribution in [1.29, 1.82) is 0 Å². The molecule has 4 rings (SSSR count). The standard InChI is InChI=1S/C27H24FNO4/c1-4-32-25-15-26-23(24(16-33-26)18-6-5-7-21(13-18)31-3)14-22(25)17(2)12-27(30)29-20-10-8-19(28)9-11-20/h5-16H,4H2,1-3H3,(H,29,30)/b17-12+. The van der Waals surface area contributed by atoms with Gasteiger partial charge < -0.3 is 19.2 Å². The van der Waals surface area contributed by atoms with Gasteiger partial charge >= 0.3 is 0 Å². The predicted molar refractivity (Wildman–Crippen MR) is 128 cm³/mol. The van der Waals surface area contributed by atoms with Crippen molar-refractivity contribution in [1.82, 2.24) is 0 Å². The molecule has 0 aliphatic heterocycles. The summed E-state index contributed by atoms with van der Waals surface area (Å²) in [7, 11) is 1.63. The minimum Gasteiger partial charge on any atom is -0.497 e. The van der Waals surface area contributed by atoms with Crippen LogP contribution < -0.4 is 14.8 Å². The molecule has 168 valence electrons. The van der Waals surface area contributed by atoms with Crippen LogP contribution in [0.25, 0.3) is 27.7 Å². The molecule has 1 amide bonds. The average molecular weight is 445 g/mol. The molecule has 0 spiro atoms. The Morgan fingerprint density at radius 1 is 1.12 bits per heavy atom. The Kier molecular flexibility index (Phi) is 6.45. The minimum atomic E-state index is -0.360. The van der Waals surface area contributed by atoms with Crippen molar-refractivity contribution in [3.63, 3.8) is 0 Å². The van der Waals surface area contributed by atoms with Crippen molar-refractivity contribution in [2.75, 3.05) is 19.0 Å². The first-order valence-corrected chi connectivity index (χ1v) is 10.6. The van der Waals surface area contributed by atoms with Gasteiger partial charge in [0.1, 0.15) is 22.9 Å². The molecule has 0 radical (unpaired) electrons. The van der Waals surface area contributed by atoms with Gasteiger partial charge in [0.05, 0.1) is 20.0 Å². The monoisotopic (exact) mass is 445 g/mol. The van der Waals surface area contributed by atoms with Crippen LogP contribution in [0.3, 0.4) is 0 Å². The first-order chi connectivity index (χ1) is 16.0. The first-order valence-electron chi connectivity index (χ1n) is 10.6. The summed E-state index contributed by atoms with van der Waals surface area (Å²) in [4.78, 5) is 12.6. The number of furan rings is 1. The lowest BCUT2D eigenvalue weighted by Gasteiger charge is -2.12. The van der Waals surface area contributed by atoms with Crippen LogP contribution in [0.4, 0.5) is 10.1 Å². The second-order valence-electron chi connectivity index (χ2n) is 7.48. The van der Waals surface area contributed by atoms with Gasteiger partial charge in [-0.1, -0.05) is 12.1 Å². The molecule has 1 aromatic heterocycles. The first kappa shape index (κ1) is 22.1. The van der Waals surface area contributed by atoms with Crippen molar-refractivity contribution in [2.45, 2.75) is 13.8 Å². The predicted octanol–water partition coefficient (Wildman–Crippen LogP) is 6.69. The van der Waals surface area contributed by atoms with Crippen molar-refractivity contribution >= 4 is 28.1 Å². The lowest BCUT2D eigenvalue weighted by Crippen LogP contribution is -2.08. The molecule has 1 N–H and O–H groups in total. The van der Waals surface area contributed by atoms with Crippen LogP contribution in [-0.4, -0.2) is 19.6 Å². The van der Waals surface area contributed by atoms with Crippen molar-refractivity contribution in [3.05, 3.63) is 84.4 Å². The molecule has 33 heavy (non-hydrogen) atoms. The van der Waals surface area contributed by atoms with E-state index in [-0.39, 0.29) is 11.7 Å². The lowest BCUT2D eigenvalue weighted by molar-refractivity contribution is -0.111. The van der Waals surface area contributed by atoms with Crippen molar-refractivity contribution in [3.8, 4) is 22.6 Å². The summed E-state index contributed by atoms with van der Waals surface area (Å²) < 4.78 is 30.1. The maximum absolute atomic E-state index is 13.1. The number of anilines is 1. The molecule has 0 unspecified atom stereocenters. The molecule has 0 saturated heterocycles. The Morgan fingerprint density at radius 2 is 1.91 bits per heavy atom. The Balaban J connectivity index is 1.72. The van der Waals surface area contributed by atoms with Crippen LogP contribution in [0.15, 0.2) is 77.4 Å². The fraction of sp³-hybridized carbons (Fsp3) is 0.148. The van der Waals surface area contributed by atoms with Gasteiger partial charge in [-0.05, 0) is 67.4 Å². The van der Waals surface area contributed by atoms with E-state index in [0.717, 1.165) is 33.4 Å². The van der Waals surface area contributed by atoms with Crippen LogP contribution in [0.2, 0.25) is 0 Å². The Bertz CT molecular complexity index is 1320. The third-order valence-electron chi connectivity index (χ3n) is 5.24. The smallest absolute Gasteiger partial charge is 0.248 e. The summed E-state index contributed by atoms with van der Waals surface area (Å²) in [6.07, 6.45) is 3.21. The van der Waals surface area contributed by atoms with Gasteiger partial charge in [-0.3, -0.25) is 4.79 Å². The summed E-state index contributed by atoms with van der Waals surface area (Å²) >= 11 is 0. The number of hydrogen-bond acceptors (Lipinski definition) is 4. The number of rotatable bonds is 7. The number of amides is 1. The molecule has 0 saturated carbocycles. The van der Waals surface area contributed by atoms with E-state index in [1.165, 1.54) is 30.3 Å². The van der Waals surface area contributed by atoms with Crippen LogP contribution in [0.5, 0.6) is 11.5 Å². The highest BCUT2D eigenvalue weighted by Crippen LogP contribution is 2.38. The fourth-order valence-electron chi connectivity index (χ4n) is 3.64. The van der Waals surface area contributed by atoms with E-state index < -0.39 is 0 Å². The van der Waals surface area contributed by atoms with Gasteiger partial charge in [0.25, 0.3) is 0 Å². The number of nitrogens with one attached hydrogen (secondary N) is 1. The van der Waals surface area contributed by atoms with Gasteiger partial charge in [-0.2, -0.15) is 0 Å². The molecule has 1 heterocycles. The summed E-state index contributed by atoms with van der Waals surface area (Å²) in [5.41, 5.74) is 4.57. The maximum atomic E-state index is 13.1. The van der Waals surface area contributed by atoms with Gasteiger partial charge in [0, 0.05) is 34.3 Å². The van der Waals surface area contributed by atoms with Crippen molar-refractivity contribution < 1.29 is 23.1 Å². The number of carbonyl (C=O) groups excluding carboxylic acids is 1. The molecule has 0 atom stereocenters. The van der Waals surface area contributed by atoms with Gasteiger partial charge in [-0.15, -0.1) is 0 Å². The number of hydrogen-bond donors (Lipinski definition) is 1. The van der Waals surface area contributed by atoms with E-state index in [2.05, 4.69) is 5.32 Å². The second-order valence-corrected chi connectivity index (χ2v) is 7.48. The quantitative estimate of drug-likeness (QED) is 0.322. The molecule has 0 bridgehead atoms. The molecular formula is C27H24FNO4. The van der Waals surface area contributed by atoms with E-state index in [0.29, 0.717) is 23.6 Å². The van der Waals surface area contributed by atoms with Crippen molar-refractivity contribution in [2.24, 2.45) is 0 Å². The maximum Gasteiger partial charge on any atom is 0.248 e. The van der Waals surface area contributed by atoms with Crippen LogP contribution >= 0.6 is 0 Å². The summed E-state index contributed by atoms with van der Waals surface area (Å²) in [5, 5.41) is 3.64. The van der Waals surface area contributed by atoms with E-state index in [9.17, 15) is 9.18 Å². The van der Waals surface area contributed by atoms with Gasteiger partial charge in [0.2, 0.25) is 5.91 Å². The topological polar surface area (TPSA) is 60.7 Å². The third kappa shape index (κ3) is 4.90. The number of halogens is 1. The second kappa shape index (κ2) is 9.61. The highest BCUT2D eigenvalue weighted by molar-refractivity contribution is 6.05. The van der Waals surface area contributed by atoms with Crippen LogP contribution in [0.1, 0.15) is 19.4 Å². The Morgan fingerprint density at radius 3 is 2.64 bits per heavy atom. The molecular weight excluding hydrogens is 421 g/mol. The molecule has 6 heteroatoms. The van der Waals surface area contributed by atoms with E-state index in [1.54, 1.807) is 13.4 Å². The van der Waals surface area contributed by atoms with Crippen LogP contribution in [-0.2, 0) is 4.79 Å². The molecule has 5 nitrogen and oxygen atoms in total. The number of carbonyl (C=O) groups is 1. The summed E-state index contributed by atoms with van der Waals surface area (Å²) in [6, 6.07) is 17.2. The van der Waals surface area contributed by atoms with Gasteiger partial charge in [0.15, 0.2) is 0 Å². The molecule has 4 aromatic rings. The molecule has 3 aromatic carbocycles. The highest BCUT2D eigenvalue weighted by Gasteiger charge is 2.16. The van der Waals surface area contributed by atoms with E-state index in [4.69, 9.17) is 13.9 Å².